The van der Waals surface area contributed by atoms with Crippen LogP contribution in [0.25, 0.3) is 0 Å². The Kier molecular flexibility index (Phi) is 6.05. The monoisotopic (exact) mass is 276 g/mol. The zero-order chi connectivity index (χ0) is 15.3. The van der Waals surface area contributed by atoms with Crippen LogP contribution in [0.1, 0.15) is 40.2 Å². The molecule has 0 heterocycles. The van der Waals surface area contributed by atoms with Crippen molar-refractivity contribution in [2.75, 3.05) is 11.4 Å². The van der Waals surface area contributed by atoms with Gasteiger partial charge in [0.15, 0.2) is 0 Å². The first kappa shape index (κ1) is 16.5. The summed E-state index contributed by atoms with van der Waals surface area (Å²) >= 11 is 0. The van der Waals surface area contributed by atoms with Crippen molar-refractivity contribution in [1.29, 1.82) is 0 Å². The van der Waals surface area contributed by atoms with Crippen LogP contribution in [-0.4, -0.2) is 24.5 Å². The molecule has 0 aromatic heterocycles. The van der Waals surface area contributed by atoms with Crippen LogP contribution in [0.2, 0.25) is 0 Å². The minimum absolute atomic E-state index is 0.0863. The summed E-state index contributed by atoms with van der Waals surface area (Å²) in [5, 5.41) is 3.07. The average molecular weight is 276 g/mol. The lowest BCUT2D eigenvalue weighted by atomic mass is 10.1. The third-order valence-corrected chi connectivity index (χ3v) is 3.75. The predicted octanol–water partition coefficient (Wildman–Crippen LogP) is 3.37. The third-order valence-electron chi connectivity index (χ3n) is 3.75. The molecule has 0 aliphatic heterocycles. The molecule has 1 rings (SSSR count). The Balaban J connectivity index is 2.79. The van der Waals surface area contributed by atoms with Gasteiger partial charge in [0.25, 0.3) is 0 Å². The molecule has 1 N–H and O–H groups in total. The van der Waals surface area contributed by atoms with Crippen molar-refractivity contribution >= 4 is 11.6 Å². The molecule has 1 unspecified atom stereocenters. The molecule has 1 aromatic rings. The Bertz CT molecular complexity index is 440. The molecule has 112 valence electrons. The van der Waals surface area contributed by atoms with Gasteiger partial charge in [0.2, 0.25) is 5.91 Å². The smallest absolute Gasteiger partial charge is 0.239 e. The summed E-state index contributed by atoms with van der Waals surface area (Å²) in [6, 6.07) is 8.70. The fraction of sp³-hybridized carbons (Fsp3) is 0.588. The van der Waals surface area contributed by atoms with Gasteiger partial charge in [0.05, 0.1) is 6.54 Å². The van der Waals surface area contributed by atoms with Gasteiger partial charge in [-0.05, 0) is 45.2 Å². The van der Waals surface area contributed by atoms with Crippen LogP contribution < -0.4 is 10.2 Å². The second-order valence-corrected chi connectivity index (χ2v) is 6.11. The van der Waals surface area contributed by atoms with Crippen molar-refractivity contribution in [2.45, 2.75) is 53.6 Å². The van der Waals surface area contributed by atoms with E-state index >= 15 is 0 Å². The van der Waals surface area contributed by atoms with Gasteiger partial charge in [-0.3, -0.25) is 4.79 Å². The number of anilines is 1. The SMILES string of the molecule is Cc1ccccc1N(CC(=O)NC(C)C(C)C)C(C)C. The maximum Gasteiger partial charge on any atom is 0.239 e. The van der Waals surface area contributed by atoms with Gasteiger partial charge in [-0.15, -0.1) is 0 Å². The fourth-order valence-electron chi connectivity index (χ4n) is 2.05. The molecule has 0 saturated carbocycles. The van der Waals surface area contributed by atoms with E-state index < -0.39 is 0 Å². The summed E-state index contributed by atoms with van der Waals surface area (Å²) in [7, 11) is 0. The minimum atomic E-state index is 0.0863. The molecule has 0 fully saturated rings. The molecule has 0 saturated heterocycles. The number of amides is 1. The summed E-state index contributed by atoms with van der Waals surface area (Å²) in [5.74, 6) is 0.535. The maximum atomic E-state index is 12.2. The summed E-state index contributed by atoms with van der Waals surface area (Å²) < 4.78 is 0. The second kappa shape index (κ2) is 7.32. The number of nitrogens with zero attached hydrogens (tertiary/aromatic N) is 1. The lowest BCUT2D eigenvalue weighted by Crippen LogP contribution is -2.45. The molecule has 1 atom stereocenters. The van der Waals surface area contributed by atoms with E-state index in [1.54, 1.807) is 0 Å². The summed E-state index contributed by atoms with van der Waals surface area (Å²) in [6.07, 6.45) is 0. The standard InChI is InChI=1S/C17H28N2O/c1-12(2)15(6)18-17(20)11-19(13(3)4)16-10-8-7-9-14(16)5/h7-10,12-13,15H,11H2,1-6H3,(H,18,20). The van der Waals surface area contributed by atoms with Crippen LogP contribution in [0.4, 0.5) is 5.69 Å². The maximum absolute atomic E-state index is 12.2. The predicted molar refractivity (Wildman–Crippen MR) is 86.1 cm³/mol. The van der Waals surface area contributed by atoms with E-state index in [0.717, 1.165) is 5.69 Å². The van der Waals surface area contributed by atoms with Gasteiger partial charge in [-0.2, -0.15) is 0 Å². The normalized spacial score (nSPS) is 12.6. The van der Waals surface area contributed by atoms with Crippen LogP contribution >= 0.6 is 0 Å². The van der Waals surface area contributed by atoms with E-state index in [1.807, 2.05) is 12.1 Å². The first-order valence-corrected chi connectivity index (χ1v) is 7.44. The summed E-state index contributed by atoms with van der Waals surface area (Å²) in [6.45, 7) is 13.0. The van der Waals surface area contributed by atoms with Crippen molar-refractivity contribution in [2.24, 2.45) is 5.92 Å². The molecular formula is C17H28N2O. The Morgan fingerprint density at radius 2 is 1.75 bits per heavy atom. The van der Waals surface area contributed by atoms with E-state index in [1.165, 1.54) is 5.56 Å². The molecular weight excluding hydrogens is 248 g/mol. The van der Waals surface area contributed by atoms with Gasteiger partial charge in [0, 0.05) is 17.8 Å². The zero-order valence-electron chi connectivity index (χ0n) is 13.6. The second-order valence-electron chi connectivity index (χ2n) is 6.11. The number of hydrogen-bond acceptors (Lipinski definition) is 2. The highest BCUT2D eigenvalue weighted by atomic mass is 16.2. The van der Waals surface area contributed by atoms with Crippen molar-refractivity contribution in [1.82, 2.24) is 5.32 Å². The molecule has 1 amide bonds. The molecule has 3 nitrogen and oxygen atoms in total. The van der Waals surface area contributed by atoms with Crippen molar-refractivity contribution in [3.8, 4) is 0 Å². The Hall–Kier alpha value is -1.51. The van der Waals surface area contributed by atoms with E-state index in [2.05, 4.69) is 63.9 Å². The van der Waals surface area contributed by atoms with Crippen LogP contribution in [0, 0.1) is 12.8 Å². The first-order valence-electron chi connectivity index (χ1n) is 7.44. The largest absolute Gasteiger partial charge is 0.360 e. The Labute approximate surface area is 123 Å². The van der Waals surface area contributed by atoms with Gasteiger partial charge >= 0.3 is 0 Å². The number of nitrogens with one attached hydrogen (secondary N) is 1. The van der Waals surface area contributed by atoms with Crippen LogP contribution in [0.15, 0.2) is 24.3 Å². The van der Waals surface area contributed by atoms with Crippen LogP contribution in [-0.2, 0) is 4.79 Å². The van der Waals surface area contributed by atoms with Gasteiger partial charge < -0.3 is 10.2 Å². The molecule has 1 aromatic carbocycles. The van der Waals surface area contributed by atoms with Gasteiger partial charge in [-0.1, -0.05) is 32.0 Å². The molecule has 0 spiro atoms. The molecule has 20 heavy (non-hydrogen) atoms. The van der Waals surface area contributed by atoms with Crippen molar-refractivity contribution in [3.63, 3.8) is 0 Å². The number of para-hydroxylation sites is 1. The van der Waals surface area contributed by atoms with E-state index in [0.29, 0.717) is 12.5 Å². The first-order chi connectivity index (χ1) is 9.32. The van der Waals surface area contributed by atoms with Crippen molar-refractivity contribution < 1.29 is 4.79 Å². The minimum Gasteiger partial charge on any atom is -0.360 e. The number of hydrogen-bond donors (Lipinski definition) is 1. The number of rotatable bonds is 6. The number of aryl methyl sites for hydroxylation is 1. The van der Waals surface area contributed by atoms with Gasteiger partial charge in [-0.25, -0.2) is 0 Å². The van der Waals surface area contributed by atoms with E-state index in [9.17, 15) is 4.79 Å². The third kappa shape index (κ3) is 4.55. The van der Waals surface area contributed by atoms with Gasteiger partial charge in [0.1, 0.15) is 0 Å². The van der Waals surface area contributed by atoms with Crippen molar-refractivity contribution in [3.05, 3.63) is 29.8 Å². The fourth-order valence-corrected chi connectivity index (χ4v) is 2.05. The highest BCUT2D eigenvalue weighted by Crippen LogP contribution is 2.21. The molecule has 0 radical (unpaired) electrons. The summed E-state index contributed by atoms with van der Waals surface area (Å²) in [5.41, 5.74) is 2.33. The topological polar surface area (TPSA) is 32.3 Å². The lowest BCUT2D eigenvalue weighted by molar-refractivity contribution is -0.120. The molecule has 0 bridgehead atoms. The summed E-state index contributed by atoms with van der Waals surface area (Å²) in [4.78, 5) is 14.4. The zero-order valence-corrected chi connectivity index (χ0v) is 13.6. The Morgan fingerprint density at radius 1 is 1.15 bits per heavy atom. The molecule has 0 aliphatic rings. The number of carbonyl (C=O) groups excluding carboxylic acids is 1. The van der Waals surface area contributed by atoms with Crippen LogP contribution in [0.5, 0.6) is 0 Å². The lowest BCUT2D eigenvalue weighted by Gasteiger charge is -2.30. The quantitative estimate of drug-likeness (QED) is 0.864. The molecule has 0 aliphatic carbocycles. The molecule has 3 heteroatoms. The highest BCUT2D eigenvalue weighted by molar-refractivity contribution is 5.82. The Morgan fingerprint density at radius 3 is 2.25 bits per heavy atom. The van der Waals surface area contributed by atoms with Crippen LogP contribution in [0.3, 0.4) is 0 Å². The average Bonchev–Trinajstić information content (AvgIpc) is 2.36. The number of benzene rings is 1. The van der Waals surface area contributed by atoms with E-state index in [4.69, 9.17) is 0 Å². The number of carbonyl (C=O) groups is 1. The highest BCUT2D eigenvalue weighted by Gasteiger charge is 2.18. The van der Waals surface area contributed by atoms with E-state index in [-0.39, 0.29) is 18.0 Å².